The van der Waals surface area contributed by atoms with E-state index in [1.54, 1.807) is 30.1 Å². The van der Waals surface area contributed by atoms with Crippen LogP contribution in [0.5, 0.6) is 0 Å². The molecule has 0 spiro atoms. The first-order chi connectivity index (χ1) is 10.6. The summed E-state index contributed by atoms with van der Waals surface area (Å²) in [6.45, 7) is 0.105. The Balaban J connectivity index is 1.52. The van der Waals surface area contributed by atoms with Crippen molar-refractivity contribution in [3.05, 3.63) is 41.9 Å². The summed E-state index contributed by atoms with van der Waals surface area (Å²) < 4.78 is 1.57. The highest BCUT2D eigenvalue weighted by Crippen LogP contribution is 2.39. The summed E-state index contributed by atoms with van der Waals surface area (Å²) >= 11 is 0. The Morgan fingerprint density at radius 1 is 1.45 bits per heavy atom. The molecule has 1 unspecified atom stereocenters. The minimum absolute atomic E-state index is 0.105. The van der Waals surface area contributed by atoms with Crippen LogP contribution >= 0.6 is 0 Å². The summed E-state index contributed by atoms with van der Waals surface area (Å²) in [6.07, 6.45) is 3.13. The van der Waals surface area contributed by atoms with Gasteiger partial charge in [-0.3, -0.25) is 10.00 Å². The Labute approximate surface area is 128 Å². The van der Waals surface area contributed by atoms with Crippen LogP contribution in [0.15, 0.2) is 30.5 Å². The van der Waals surface area contributed by atoms with Crippen molar-refractivity contribution >= 4 is 11.8 Å². The number of urea groups is 1. The number of amides is 2. The van der Waals surface area contributed by atoms with Crippen LogP contribution in [0.3, 0.4) is 0 Å². The standard InChI is InChI=1S/C15H19N5O2/c1-20-12(7-8-17-20)13(21)9-16-15(22)19-14-4-2-3-11(18-14)10-5-6-10/h2-4,7-8,10,13,21H,5-6,9H2,1H3,(H2,16,18,19,22). The number of carbonyl (C=O) groups is 1. The summed E-state index contributed by atoms with van der Waals surface area (Å²) in [5.74, 6) is 1.06. The first-order valence-corrected chi connectivity index (χ1v) is 7.31. The van der Waals surface area contributed by atoms with E-state index in [4.69, 9.17) is 0 Å². The molecule has 1 aliphatic carbocycles. The molecule has 1 aliphatic rings. The molecule has 0 aliphatic heterocycles. The number of aromatic nitrogens is 3. The number of hydrogen-bond acceptors (Lipinski definition) is 4. The Morgan fingerprint density at radius 3 is 2.95 bits per heavy atom. The van der Waals surface area contributed by atoms with E-state index in [0.717, 1.165) is 5.69 Å². The fourth-order valence-electron chi connectivity index (χ4n) is 2.29. The number of hydrogen-bond donors (Lipinski definition) is 3. The molecule has 1 fully saturated rings. The average molecular weight is 301 g/mol. The SMILES string of the molecule is Cn1nccc1C(O)CNC(=O)Nc1cccc(C2CC2)n1. The molecular weight excluding hydrogens is 282 g/mol. The van der Waals surface area contributed by atoms with Crippen LogP contribution in [-0.4, -0.2) is 32.4 Å². The summed E-state index contributed by atoms with van der Waals surface area (Å²) in [5.41, 5.74) is 1.67. The van der Waals surface area contributed by atoms with E-state index in [2.05, 4.69) is 20.7 Å². The lowest BCUT2D eigenvalue weighted by Gasteiger charge is -2.13. The first kappa shape index (κ1) is 14.5. The van der Waals surface area contributed by atoms with Crippen LogP contribution in [0.25, 0.3) is 0 Å². The van der Waals surface area contributed by atoms with Crippen molar-refractivity contribution in [2.45, 2.75) is 24.9 Å². The Bertz CT molecular complexity index is 665. The fourth-order valence-corrected chi connectivity index (χ4v) is 2.29. The minimum Gasteiger partial charge on any atom is -0.385 e. The highest BCUT2D eigenvalue weighted by Gasteiger charge is 2.25. The number of anilines is 1. The summed E-state index contributed by atoms with van der Waals surface area (Å²) in [6, 6.07) is 6.95. The Hall–Kier alpha value is -2.41. The molecule has 1 saturated carbocycles. The molecule has 7 heteroatoms. The maximum absolute atomic E-state index is 11.9. The van der Waals surface area contributed by atoms with Crippen molar-refractivity contribution in [3.8, 4) is 0 Å². The normalized spacial score (nSPS) is 15.4. The van der Waals surface area contributed by atoms with Crippen molar-refractivity contribution < 1.29 is 9.90 Å². The van der Waals surface area contributed by atoms with Gasteiger partial charge in [0.25, 0.3) is 0 Å². The molecule has 7 nitrogen and oxygen atoms in total. The van der Waals surface area contributed by atoms with Gasteiger partial charge in [-0.2, -0.15) is 5.10 Å². The van der Waals surface area contributed by atoms with E-state index >= 15 is 0 Å². The van der Waals surface area contributed by atoms with Gasteiger partial charge in [0.2, 0.25) is 0 Å². The Morgan fingerprint density at radius 2 is 2.27 bits per heavy atom. The van der Waals surface area contributed by atoms with Gasteiger partial charge in [0.05, 0.1) is 12.2 Å². The number of pyridine rings is 1. The zero-order chi connectivity index (χ0) is 15.5. The van der Waals surface area contributed by atoms with Gasteiger partial charge < -0.3 is 10.4 Å². The lowest BCUT2D eigenvalue weighted by molar-refractivity contribution is 0.166. The summed E-state index contributed by atoms with van der Waals surface area (Å²) in [4.78, 5) is 16.3. The van der Waals surface area contributed by atoms with Crippen LogP contribution in [0.2, 0.25) is 0 Å². The topological polar surface area (TPSA) is 92.1 Å². The molecule has 2 heterocycles. The van der Waals surface area contributed by atoms with E-state index in [1.807, 2.05) is 12.1 Å². The molecule has 2 aromatic rings. The molecule has 116 valence electrons. The predicted molar refractivity (Wildman–Crippen MR) is 81.4 cm³/mol. The quantitative estimate of drug-likeness (QED) is 0.781. The highest BCUT2D eigenvalue weighted by atomic mass is 16.3. The molecule has 3 rings (SSSR count). The second kappa shape index (κ2) is 6.15. The van der Waals surface area contributed by atoms with E-state index in [9.17, 15) is 9.90 Å². The van der Waals surface area contributed by atoms with Crippen LogP contribution in [-0.2, 0) is 7.05 Å². The highest BCUT2D eigenvalue weighted by molar-refractivity contribution is 5.88. The largest absolute Gasteiger partial charge is 0.385 e. The smallest absolute Gasteiger partial charge is 0.320 e. The minimum atomic E-state index is -0.802. The number of aryl methyl sites for hydroxylation is 1. The number of nitrogens with zero attached hydrogens (tertiary/aromatic N) is 3. The third-order valence-electron chi connectivity index (χ3n) is 3.66. The van der Waals surface area contributed by atoms with Gasteiger partial charge in [0, 0.05) is 24.9 Å². The monoisotopic (exact) mass is 301 g/mol. The number of aliphatic hydroxyl groups excluding tert-OH is 1. The van der Waals surface area contributed by atoms with Gasteiger partial charge in [-0.25, -0.2) is 9.78 Å². The lowest BCUT2D eigenvalue weighted by Crippen LogP contribution is -2.33. The van der Waals surface area contributed by atoms with Gasteiger partial charge in [-0.1, -0.05) is 6.07 Å². The number of rotatable bonds is 5. The van der Waals surface area contributed by atoms with Crippen LogP contribution in [0.1, 0.15) is 36.3 Å². The van der Waals surface area contributed by atoms with E-state index in [0.29, 0.717) is 17.4 Å². The lowest BCUT2D eigenvalue weighted by atomic mass is 10.2. The van der Waals surface area contributed by atoms with Crippen molar-refractivity contribution in [2.75, 3.05) is 11.9 Å². The fraction of sp³-hybridized carbons (Fsp3) is 0.400. The molecule has 2 amide bonds. The average Bonchev–Trinajstić information content (AvgIpc) is 3.27. The van der Waals surface area contributed by atoms with Gasteiger partial charge >= 0.3 is 6.03 Å². The van der Waals surface area contributed by atoms with Crippen molar-refractivity contribution in [2.24, 2.45) is 7.05 Å². The van der Waals surface area contributed by atoms with Gasteiger partial charge in [0.15, 0.2) is 0 Å². The number of carbonyl (C=O) groups excluding carboxylic acids is 1. The predicted octanol–water partition coefficient (Wildman–Crippen LogP) is 1.55. The van der Waals surface area contributed by atoms with Gasteiger partial charge in [-0.15, -0.1) is 0 Å². The third kappa shape index (κ3) is 3.43. The van der Waals surface area contributed by atoms with Crippen molar-refractivity contribution in [3.63, 3.8) is 0 Å². The first-order valence-electron chi connectivity index (χ1n) is 7.31. The van der Waals surface area contributed by atoms with E-state index < -0.39 is 6.10 Å². The van der Waals surface area contributed by atoms with E-state index in [1.165, 1.54) is 12.8 Å². The summed E-state index contributed by atoms with van der Waals surface area (Å²) in [5, 5.41) is 19.3. The molecule has 22 heavy (non-hydrogen) atoms. The maximum atomic E-state index is 11.9. The summed E-state index contributed by atoms with van der Waals surface area (Å²) in [7, 11) is 1.74. The third-order valence-corrected chi connectivity index (χ3v) is 3.66. The second-order valence-corrected chi connectivity index (χ2v) is 5.45. The molecule has 0 saturated heterocycles. The van der Waals surface area contributed by atoms with Crippen LogP contribution in [0, 0.1) is 0 Å². The van der Waals surface area contributed by atoms with Gasteiger partial charge in [-0.05, 0) is 31.0 Å². The van der Waals surface area contributed by atoms with E-state index in [-0.39, 0.29) is 12.6 Å². The molecule has 2 aromatic heterocycles. The molecule has 0 bridgehead atoms. The second-order valence-electron chi connectivity index (χ2n) is 5.45. The number of nitrogens with one attached hydrogen (secondary N) is 2. The van der Waals surface area contributed by atoms with Crippen molar-refractivity contribution in [1.29, 1.82) is 0 Å². The molecule has 0 radical (unpaired) electrons. The molecular formula is C15H19N5O2. The van der Waals surface area contributed by atoms with Gasteiger partial charge in [0.1, 0.15) is 11.9 Å². The molecule has 1 atom stereocenters. The number of aliphatic hydroxyl groups is 1. The zero-order valence-electron chi connectivity index (χ0n) is 12.4. The van der Waals surface area contributed by atoms with Crippen LogP contribution in [0.4, 0.5) is 10.6 Å². The maximum Gasteiger partial charge on any atom is 0.320 e. The van der Waals surface area contributed by atoms with Crippen molar-refractivity contribution in [1.82, 2.24) is 20.1 Å². The Kier molecular flexibility index (Phi) is 4.06. The molecule has 0 aromatic carbocycles. The zero-order valence-corrected chi connectivity index (χ0v) is 12.4. The molecule has 3 N–H and O–H groups in total. The van der Waals surface area contributed by atoms with Crippen LogP contribution < -0.4 is 10.6 Å².